The Morgan fingerprint density at radius 2 is 1.89 bits per heavy atom. The molecule has 2 nitrogen and oxygen atoms in total. The van der Waals surface area contributed by atoms with Crippen molar-refractivity contribution in [2.24, 2.45) is 35.5 Å². The van der Waals surface area contributed by atoms with E-state index in [2.05, 4.69) is 33.8 Å². The van der Waals surface area contributed by atoms with Crippen molar-refractivity contribution in [3.8, 4) is 0 Å². The second-order valence-corrected chi connectivity index (χ2v) is 6.98. The van der Waals surface area contributed by atoms with Gasteiger partial charge in [0.05, 0.1) is 6.10 Å². The van der Waals surface area contributed by atoms with Gasteiger partial charge in [-0.15, -0.1) is 0 Å². The van der Waals surface area contributed by atoms with E-state index < -0.39 is 0 Å². The summed E-state index contributed by atoms with van der Waals surface area (Å²) in [6, 6.07) is 0. The number of rotatable bonds is 2. The van der Waals surface area contributed by atoms with Crippen LogP contribution in [0.2, 0.25) is 0 Å². The fourth-order valence-corrected chi connectivity index (χ4v) is 5.02. The van der Waals surface area contributed by atoms with Crippen LogP contribution in [0.3, 0.4) is 0 Å². The standard InChI is InChI=1S/C17H30O2/c1-5-10(2)16-12(4)8-13-15(19)7-6-11(3)17(13)14(16)9-18/h5,11-19H,6-9H2,1-4H3/b10-5+/t11-,12-,13-,14+,15-,16+,17+/m0/s1. The third-order valence-corrected chi connectivity index (χ3v) is 5.97. The van der Waals surface area contributed by atoms with Crippen molar-refractivity contribution in [2.75, 3.05) is 6.61 Å². The van der Waals surface area contributed by atoms with Gasteiger partial charge in [-0.3, -0.25) is 0 Å². The van der Waals surface area contributed by atoms with Crippen LogP contribution < -0.4 is 0 Å². The van der Waals surface area contributed by atoms with Gasteiger partial charge in [0.2, 0.25) is 0 Å². The van der Waals surface area contributed by atoms with Crippen LogP contribution in [0.25, 0.3) is 0 Å². The van der Waals surface area contributed by atoms with Gasteiger partial charge in [0, 0.05) is 6.61 Å². The maximum absolute atomic E-state index is 10.3. The average Bonchev–Trinajstić information content (AvgIpc) is 2.40. The third-order valence-electron chi connectivity index (χ3n) is 5.97. The molecule has 2 saturated carbocycles. The third kappa shape index (κ3) is 2.62. The predicted molar refractivity (Wildman–Crippen MR) is 78.7 cm³/mol. The summed E-state index contributed by atoms with van der Waals surface area (Å²) in [4.78, 5) is 0. The van der Waals surface area contributed by atoms with Crippen molar-refractivity contribution in [2.45, 2.75) is 53.1 Å². The molecule has 0 heterocycles. The van der Waals surface area contributed by atoms with E-state index in [1.165, 1.54) is 5.57 Å². The van der Waals surface area contributed by atoms with E-state index >= 15 is 0 Å². The van der Waals surface area contributed by atoms with Crippen molar-refractivity contribution in [3.63, 3.8) is 0 Å². The van der Waals surface area contributed by atoms with Crippen LogP contribution in [0, 0.1) is 35.5 Å². The molecule has 0 unspecified atom stereocenters. The Hall–Kier alpha value is -0.340. The molecule has 0 bridgehead atoms. The smallest absolute Gasteiger partial charge is 0.0571 e. The lowest BCUT2D eigenvalue weighted by molar-refractivity contribution is -0.0864. The first kappa shape index (κ1) is 15.1. The molecule has 19 heavy (non-hydrogen) atoms. The van der Waals surface area contributed by atoms with Gasteiger partial charge in [0.15, 0.2) is 0 Å². The van der Waals surface area contributed by atoms with E-state index in [-0.39, 0.29) is 12.7 Å². The lowest BCUT2D eigenvalue weighted by Crippen LogP contribution is -2.50. The van der Waals surface area contributed by atoms with Gasteiger partial charge in [0.25, 0.3) is 0 Å². The highest BCUT2D eigenvalue weighted by Gasteiger charge is 2.49. The number of allylic oxidation sites excluding steroid dienone is 2. The summed E-state index contributed by atoms with van der Waals surface area (Å²) in [7, 11) is 0. The number of fused-ring (bicyclic) bond motifs is 1. The zero-order valence-corrected chi connectivity index (χ0v) is 12.8. The Labute approximate surface area is 117 Å². The summed E-state index contributed by atoms with van der Waals surface area (Å²) in [5.74, 6) is 2.90. The van der Waals surface area contributed by atoms with Crippen LogP contribution in [0.1, 0.15) is 47.0 Å². The van der Waals surface area contributed by atoms with Gasteiger partial charge in [-0.25, -0.2) is 0 Å². The molecule has 0 aromatic rings. The van der Waals surface area contributed by atoms with Gasteiger partial charge in [-0.1, -0.05) is 25.5 Å². The van der Waals surface area contributed by atoms with Crippen molar-refractivity contribution < 1.29 is 10.2 Å². The molecule has 0 aromatic heterocycles. The molecule has 2 rings (SSSR count). The van der Waals surface area contributed by atoms with E-state index in [4.69, 9.17) is 0 Å². The first-order valence-corrected chi connectivity index (χ1v) is 7.93. The molecule has 0 aliphatic heterocycles. The number of hydrogen-bond acceptors (Lipinski definition) is 2. The van der Waals surface area contributed by atoms with Gasteiger partial charge in [-0.2, -0.15) is 0 Å². The van der Waals surface area contributed by atoms with Crippen LogP contribution in [0.15, 0.2) is 11.6 Å². The maximum atomic E-state index is 10.3. The highest BCUT2D eigenvalue weighted by molar-refractivity contribution is 5.11. The first-order chi connectivity index (χ1) is 9.01. The van der Waals surface area contributed by atoms with Crippen LogP contribution in [0.5, 0.6) is 0 Å². The van der Waals surface area contributed by atoms with Crippen LogP contribution in [-0.2, 0) is 0 Å². The number of aliphatic hydroxyl groups excluding tert-OH is 2. The van der Waals surface area contributed by atoms with Gasteiger partial charge in [0.1, 0.15) is 0 Å². The fraction of sp³-hybridized carbons (Fsp3) is 0.882. The quantitative estimate of drug-likeness (QED) is 0.753. The Balaban J connectivity index is 2.32. The number of hydrogen-bond donors (Lipinski definition) is 2. The van der Waals surface area contributed by atoms with Crippen molar-refractivity contribution in [1.29, 1.82) is 0 Å². The van der Waals surface area contributed by atoms with Crippen LogP contribution >= 0.6 is 0 Å². The Kier molecular flexibility index (Phi) is 4.73. The summed E-state index contributed by atoms with van der Waals surface area (Å²) in [5.41, 5.74) is 1.41. The van der Waals surface area contributed by atoms with Crippen molar-refractivity contribution >= 4 is 0 Å². The summed E-state index contributed by atoms with van der Waals surface area (Å²) >= 11 is 0. The second-order valence-electron chi connectivity index (χ2n) is 6.98. The zero-order valence-electron chi connectivity index (χ0n) is 12.8. The molecule has 7 atom stereocenters. The molecule has 0 spiro atoms. The van der Waals surface area contributed by atoms with Gasteiger partial charge >= 0.3 is 0 Å². The van der Waals surface area contributed by atoms with Crippen LogP contribution in [-0.4, -0.2) is 22.9 Å². The molecule has 0 aromatic carbocycles. The monoisotopic (exact) mass is 266 g/mol. The Morgan fingerprint density at radius 3 is 2.47 bits per heavy atom. The summed E-state index contributed by atoms with van der Waals surface area (Å²) in [6.45, 7) is 9.17. The normalized spacial score (nSPS) is 47.9. The lowest BCUT2D eigenvalue weighted by Gasteiger charge is -2.52. The van der Waals surface area contributed by atoms with Crippen molar-refractivity contribution in [3.05, 3.63) is 11.6 Å². The van der Waals surface area contributed by atoms with E-state index in [1.54, 1.807) is 0 Å². The average molecular weight is 266 g/mol. The Morgan fingerprint density at radius 1 is 1.21 bits per heavy atom. The number of aliphatic hydroxyl groups is 2. The maximum Gasteiger partial charge on any atom is 0.0571 e. The van der Waals surface area contributed by atoms with E-state index in [1.807, 2.05) is 0 Å². The molecule has 2 N–H and O–H groups in total. The Bertz CT molecular complexity index is 336. The molecular weight excluding hydrogens is 236 g/mol. The molecular formula is C17H30O2. The molecule has 2 fully saturated rings. The first-order valence-electron chi connectivity index (χ1n) is 7.93. The SMILES string of the molecule is C/C=C(\C)[C@H]1[C@@H](CO)[C@H]2[C@@H](C[C@@H]1C)[C@@H](O)CC[C@@H]2C. The van der Waals surface area contributed by atoms with E-state index in [0.29, 0.717) is 35.5 Å². The lowest BCUT2D eigenvalue weighted by atomic mass is 9.53. The molecule has 0 amide bonds. The molecule has 2 heteroatoms. The molecule has 2 aliphatic carbocycles. The topological polar surface area (TPSA) is 40.5 Å². The summed E-state index contributed by atoms with van der Waals surface area (Å²) < 4.78 is 0. The second kappa shape index (κ2) is 5.97. The molecule has 2 aliphatic rings. The molecule has 110 valence electrons. The van der Waals surface area contributed by atoms with E-state index in [0.717, 1.165) is 19.3 Å². The molecule has 0 saturated heterocycles. The highest BCUT2D eigenvalue weighted by atomic mass is 16.3. The van der Waals surface area contributed by atoms with E-state index in [9.17, 15) is 10.2 Å². The minimum absolute atomic E-state index is 0.149. The minimum atomic E-state index is -0.149. The minimum Gasteiger partial charge on any atom is -0.396 e. The van der Waals surface area contributed by atoms with Gasteiger partial charge < -0.3 is 10.2 Å². The van der Waals surface area contributed by atoms with Gasteiger partial charge in [-0.05, 0) is 68.6 Å². The van der Waals surface area contributed by atoms with Crippen molar-refractivity contribution in [1.82, 2.24) is 0 Å². The zero-order chi connectivity index (χ0) is 14.2. The highest BCUT2D eigenvalue weighted by Crippen LogP contribution is 2.52. The summed E-state index contributed by atoms with van der Waals surface area (Å²) in [6.07, 6.45) is 5.22. The summed E-state index contributed by atoms with van der Waals surface area (Å²) in [5, 5.41) is 20.3. The fourth-order valence-electron chi connectivity index (χ4n) is 5.02. The van der Waals surface area contributed by atoms with Crippen LogP contribution in [0.4, 0.5) is 0 Å². The predicted octanol–water partition coefficient (Wildman–Crippen LogP) is 3.24. The molecule has 0 radical (unpaired) electrons. The largest absolute Gasteiger partial charge is 0.396 e.